The number of hydrogen-bond acceptors (Lipinski definition) is 3. The molecule has 1 rings (SSSR count). The van der Waals surface area contributed by atoms with Crippen molar-refractivity contribution in [3.05, 3.63) is 29.8 Å². The molecule has 3 nitrogen and oxygen atoms in total. The Hall–Kier alpha value is -1.06. The molecule has 0 saturated heterocycles. The summed E-state index contributed by atoms with van der Waals surface area (Å²) >= 11 is 0. The van der Waals surface area contributed by atoms with Crippen LogP contribution in [0.25, 0.3) is 0 Å². The van der Waals surface area contributed by atoms with Crippen molar-refractivity contribution >= 4 is 0 Å². The lowest BCUT2D eigenvalue weighted by Gasteiger charge is -2.09. The van der Waals surface area contributed by atoms with Gasteiger partial charge in [0, 0.05) is 6.54 Å². The fraction of sp³-hybridized carbons (Fsp3) is 0.571. The van der Waals surface area contributed by atoms with Gasteiger partial charge in [0.15, 0.2) is 0 Å². The van der Waals surface area contributed by atoms with Crippen LogP contribution in [0.1, 0.15) is 18.4 Å². The van der Waals surface area contributed by atoms with Crippen LogP contribution >= 0.6 is 0 Å². The Morgan fingerprint density at radius 1 is 1.12 bits per heavy atom. The van der Waals surface area contributed by atoms with Crippen molar-refractivity contribution in [1.29, 1.82) is 0 Å². The van der Waals surface area contributed by atoms with Crippen molar-refractivity contribution in [3.8, 4) is 5.75 Å². The number of hydrogen-bond donors (Lipinski definition) is 1. The molecule has 0 atom stereocenters. The second kappa shape index (κ2) is 8.09. The van der Waals surface area contributed by atoms with Gasteiger partial charge in [-0.2, -0.15) is 0 Å². The summed E-state index contributed by atoms with van der Waals surface area (Å²) in [6.45, 7) is 3.19. The highest BCUT2D eigenvalue weighted by Crippen LogP contribution is 2.10. The minimum absolute atomic E-state index is 0.916. The van der Waals surface area contributed by atoms with E-state index in [1.807, 2.05) is 12.1 Å². The van der Waals surface area contributed by atoms with Crippen LogP contribution in [0.2, 0.25) is 0 Å². The van der Waals surface area contributed by atoms with Crippen LogP contribution in [0.3, 0.4) is 0 Å². The van der Waals surface area contributed by atoms with Gasteiger partial charge in [-0.15, -0.1) is 0 Å². The quantitative estimate of drug-likeness (QED) is 0.700. The van der Waals surface area contributed by atoms with E-state index in [2.05, 4.69) is 36.4 Å². The van der Waals surface area contributed by atoms with Gasteiger partial charge in [0.25, 0.3) is 0 Å². The third-order valence-corrected chi connectivity index (χ3v) is 2.70. The molecule has 0 amide bonds. The van der Waals surface area contributed by atoms with E-state index in [4.69, 9.17) is 4.74 Å². The van der Waals surface area contributed by atoms with E-state index in [-0.39, 0.29) is 0 Å². The highest BCUT2D eigenvalue weighted by atomic mass is 16.5. The summed E-state index contributed by atoms with van der Waals surface area (Å²) in [6, 6.07) is 8.21. The minimum Gasteiger partial charge on any atom is -0.497 e. The average molecular weight is 236 g/mol. The number of nitrogens with zero attached hydrogens (tertiary/aromatic N) is 1. The molecule has 0 radical (unpaired) electrons. The van der Waals surface area contributed by atoms with Gasteiger partial charge in [-0.3, -0.25) is 0 Å². The first-order valence-corrected chi connectivity index (χ1v) is 6.21. The predicted octanol–water partition coefficient (Wildman–Crippen LogP) is 2.13. The molecular weight excluding hydrogens is 212 g/mol. The Labute approximate surface area is 105 Å². The molecule has 0 aliphatic rings. The lowest BCUT2D eigenvalue weighted by Crippen LogP contribution is -2.18. The van der Waals surface area contributed by atoms with Crippen LogP contribution in [0.4, 0.5) is 0 Å². The number of benzene rings is 1. The summed E-state index contributed by atoms with van der Waals surface area (Å²) in [7, 11) is 5.92. The number of nitrogens with one attached hydrogen (secondary N) is 1. The number of ether oxygens (including phenoxy) is 1. The fourth-order valence-corrected chi connectivity index (χ4v) is 1.65. The van der Waals surface area contributed by atoms with Crippen molar-refractivity contribution in [2.75, 3.05) is 34.3 Å². The van der Waals surface area contributed by atoms with E-state index in [9.17, 15) is 0 Å². The van der Waals surface area contributed by atoms with Crippen LogP contribution in [-0.4, -0.2) is 39.2 Å². The van der Waals surface area contributed by atoms with Gasteiger partial charge in [-0.1, -0.05) is 12.1 Å². The van der Waals surface area contributed by atoms with Crippen molar-refractivity contribution < 1.29 is 4.74 Å². The Kier molecular flexibility index (Phi) is 6.67. The van der Waals surface area contributed by atoms with Gasteiger partial charge >= 0.3 is 0 Å². The minimum atomic E-state index is 0.916. The molecule has 0 unspecified atom stereocenters. The van der Waals surface area contributed by atoms with Gasteiger partial charge in [-0.05, 0) is 57.7 Å². The highest BCUT2D eigenvalue weighted by molar-refractivity contribution is 5.26. The summed E-state index contributed by atoms with van der Waals surface area (Å²) in [5.74, 6) is 0.916. The van der Waals surface area contributed by atoms with Crippen molar-refractivity contribution in [2.24, 2.45) is 0 Å². The third kappa shape index (κ3) is 6.29. The van der Waals surface area contributed by atoms with E-state index < -0.39 is 0 Å². The maximum absolute atomic E-state index is 5.12. The molecule has 17 heavy (non-hydrogen) atoms. The molecule has 3 heteroatoms. The Morgan fingerprint density at radius 3 is 2.41 bits per heavy atom. The van der Waals surface area contributed by atoms with E-state index in [1.165, 1.54) is 24.9 Å². The van der Waals surface area contributed by atoms with Crippen molar-refractivity contribution in [2.45, 2.75) is 19.4 Å². The normalized spacial score (nSPS) is 10.8. The maximum atomic E-state index is 5.12. The van der Waals surface area contributed by atoms with Gasteiger partial charge in [0.1, 0.15) is 5.75 Å². The number of rotatable bonds is 8. The SMILES string of the molecule is COc1ccc(CNCCCCN(C)C)cc1. The maximum Gasteiger partial charge on any atom is 0.118 e. The van der Waals surface area contributed by atoms with Crippen LogP contribution in [-0.2, 0) is 6.54 Å². The van der Waals surface area contributed by atoms with E-state index in [0.29, 0.717) is 0 Å². The zero-order valence-corrected chi connectivity index (χ0v) is 11.2. The highest BCUT2D eigenvalue weighted by Gasteiger charge is 1.95. The molecule has 0 heterocycles. The Bertz CT molecular complexity index is 296. The van der Waals surface area contributed by atoms with Crippen LogP contribution in [0.5, 0.6) is 5.75 Å². The zero-order chi connectivity index (χ0) is 12.5. The Balaban J connectivity index is 2.09. The molecule has 0 aliphatic heterocycles. The zero-order valence-electron chi connectivity index (χ0n) is 11.2. The summed E-state index contributed by atoms with van der Waals surface area (Å²) < 4.78 is 5.12. The van der Waals surface area contributed by atoms with E-state index >= 15 is 0 Å². The summed E-state index contributed by atoms with van der Waals surface area (Å²) in [4.78, 5) is 2.23. The van der Waals surface area contributed by atoms with E-state index in [1.54, 1.807) is 7.11 Å². The van der Waals surface area contributed by atoms with E-state index in [0.717, 1.165) is 18.8 Å². The van der Waals surface area contributed by atoms with Crippen molar-refractivity contribution in [1.82, 2.24) is 10.2 Å². The van der Waals surface area contributed by atoms with Gasteiger partial charge < -0.3 is 15.0 Å². The third-order valence-electron chi connectivity index (χ3n) is 2.70. The van der Waals surface area contributed by atoms with Gasteiger partial charge in [0.05, 0.1) is 7.11 Å². The van der Waals surface area contributed by atoms with Crippen molar-refractivity contribution in [3.63, 3.8) is 0 Å². The van der Waals surface area contributed by atoms with Gasteiger partial charge in [0.2, 0.25) is 0 Å². The molecule has 1 aromatic rings. The number of methoxy groups -OCH3 is 1. The standard InChI is InChI=1S/C14H24N2O/c1-16(2)11-5-4-10-15-12-13-6-8-14(17-3)9-7-13/h6-9,15H,4-5,10-12H2,1-3H3. The summed E-state index contributed by atoms with van der Waals surface area (Å²) in [6.07, 6.45) is 2.48. The van der Waals surface area contributed by atoms with Gasteiger partial charge in [-0.25, -0.2) is 0 Å². The molecular formula is C14H24N2O. The summed E-state index contributed by atoms with van der Waals surface area (Å²) in [5.41, 5.74) is 1.30. The number of unbranched alkanes of at least 4 members (excludes halogenated alkanes) is 1. The smallest absolute Gasteiger partial charge is 0.118 e. The molecule has 0 aliphatic carbocycles. The molecule has 1 N–H and O–H groups in total. The lowest BCUT2D eigenvalue weighted by molar-refractivity contribution is 0.391. The molecule has 0 fully saturated rings. The topological polar surface area (TPSA) is 24.5 Å². The first kappa shape index (κ1) is 14.0. The van der Waals surface area contributed by atoms with Crippen LogP contribution < -0.4 is 10.1 Å². The molecule has 0 bridgehead atoms. The molecule has 0 saturated carbocycles. The largest absolute Gasteiger partial charge is 0.497 e. The molecule has 1 aromatic carbocycles. The summed E-state index contributed by atoms with van der Waals surface area (Å²) in [5, 5.41) is 3.45. The first-order valence-electron chi connectivity index (χ1n) is 6.21. The Morgan fingerprint density at radius 2 is 1.82 bits per heavy atom. The predicted molar refractivity (Wildman–Crippen MR) is 72.5 cm³/mol. The fourth-order valence-electron chi connectivity index (χ4n) is 1.65. The second-order valence-corrected chi connectivity index (χ2v) is 4.54. The van der Waals surface area contributed by atoms with Crippen LogP contribution in [0, 0.1) is 0 Å². The molecule has 0 spiro atoms. The molecule has 0 aromatic heterocycles. The first-order chi connectivity index (χ1) is 8.22. The lowest BCUT2D eigenvalue weighted by atomic mass is 10.2. The van der Waals surface area contributed by atoms with Crippen LogP contribution in [0.15, 0.2) is 24.3 Å². The monoisotopic (exact) mass is 236 g/mol. The second-order valence-electron chi connectivity index (χ2n) is 4.54. The average Bonchev–Trinajstić information content (AvgIpc) is 2.34. The molecule has 96 valence electrons.